The first-order chi connectivity index (χ1) is 24.1. The molecule has 262 valence electrons. The van der Waals surface area contributed by atoms with E-state index in [0.29, 0.717) is 13.0 Å². The lowest BCUT2D eigenvalue weighted by Crippen LogP contribution is -2.66. The summed E-state index contributed by atoms with van der Waals surface area (Å²) in [5.41, 5.74) is 1.96. The van der Waals surface area contributed by atoms with Crippen LogP contribution in [0.1, 0.15) is 43.9 Å². The summed E-state index contributed by atoms with van der Waals surface area (Å²) in [7, 11) is -6.40. The fraction of sp³-hybridized carbons (Fsp3) is 0.286. The Morgan fingerprint density at radius 2 is 0.980 bits per heavy atom. The van der Waals surface area contributed by atoms with E-state index >= 15 is 0 Å². The molecule has 0 saturated carbocycles. The van der Waals surface area contributed by atoms with Gasteiger partial charge in [-0.05, 0) is 32.1 Å². The van der Waals surface area contributed by atoms with E-state index in [2.05, 4.69) is 106 Å². The summed E-state index contributed by atoms with van der Waals surface area (Å²) in [5, 5.41) is 2.21. The Morgan fingerprint density at radius 3 is 1.36 bits per heavy atom. The maximum Gasteiger partial charge on any atom is 0.264 e. The summed E-state index contributed by atoms with van der Waals surface area (Å²) in [6.45, 7) is 7.51. The number of ether oxygens (including phenoxy) is 2. The Bertz CT molecular complexity index is 1700. The van der Waals surface area contributed by atoms with Crippen molar-refractivity contribution in [3.8, 4) is 0 Å². The van der Waals surface area contributed by atoms with Crippen molar-refractivity contribution in [2.75, 3.05) is 32.7 Å². The van der Waals surface area contributed by atoms with Crippen molar-refractivity contribution in [3.63, 3.8) is 0 Å². The Hall–Kier alpha value is -3.89. The molecule has 1 atom stereocenters. The van der Waals surface area contributed by atoms with Crippen LogP contribution >= 0.6 is 0 Å². The molecule has 5 aromatic carbocycles. The van der Waals surface area contributed by atoms with Crippen molar-refractivity contribution in [1.29, 1.82) is 0 Å². The maximum absolute atomic E-state index is 11.9. The van der Waals surface area contributed by atoms with E-state index in [0.717, 1.165) is 22.9 Å². The molecule has 50 heavy (non-hydrogen) atoms. The van der Waals surface area contributed by atoms with Gasteiger partial charge in [-0.2, -0.15) is 8.42 Å². The van der Waals surface area contributed by atoms with Crippen LogP contribution in [0.4, 0.5) is 0 Å². The van der Waals surface area contributed by atoms with Crippen LogP contribution in [0.25, 0.3) is 0 Å². The van der Waals surface area contributed by atoms with Gasteiger partial charge in [-0.15, -0.1) is 0 Å². The number of hydrogen-bond acceptors (Lipinski definition) is 6. The van der Waals surface area contributed by atoms with Gasteiger partial charge in [-0.1, -0.05) is 172 Å². The first kappa shape index (κ1) is 37.4. The molecule has 0 fully saturated rings. The van der Waals surface area contributed by atoms with Crippen LogP contribution in [0.3, 0.4) is 0 Å². The van der Waals surface area contributed by atoms with Gasteiger partial charge in [0.25, 0.3) is 18.4 Å². The van der Waals surface area contributed by atoms with Crippen molar-refractivity contribution >= 4 is 28.8 Å². The molecule has 0 N–H and O–H groups in total. The highest BCUT2D eigenvalue weighted by atomic mass is 32.2. The molecule has 8 heteroatoms. The van der Waals surface area contributed by atoms with Crippen molar-refractivity contribution < 1.29 is 26.5 Å². The third kappa shape index (κ3) is 8.87. The highest BCUT2D eigenvalue weighted by Crippen LogP contribution is 2.41. The average molecular weight is 709 g/mol. The van der Waals surface area contributed by atoms with Gasteiger partial charge in [-0.25, -0.2) is 0 Å². The van der Waals surface area contributed by atoms with Crippen LogP contribution in [0.2, 0.25) is 5.04 Å². The summed E-state index contributed by atoms with van der Waals surface area (Å²) in [6.07, 6.45) is 0.873. The van der Waals surface area contributed by atoms with Gasteiger partial charge in [-0.3, -0.25) is 4.18 Å². The Labute approximate surface area is 299 Å². The normalized spacial score (nSPS) is 13.2. The van der Waals surface area contributed by atoms with E-state index in [1.165, 1.54) is 10.4 Å². The van der Waals surface area contributed by atoms with Crippen molar-refractivity contribution in [2.45, 2.75) is 43.9 Å². The first-order valence-corrected chi connectivity index (χ1v) is 20.8. The molecule has 0 aromatic heterocycles. The largest absolute Gasteiger partial charge is 0.405 e. The molecule has 0 heterocycles. The first-order valence-electron chi connectivity index (χ1n) is 17.1. The molecule has 0 aliphatic carbocycles. The minimum absolute atomic E-state index is 0.0303. The second-order valence-electron chi connectivity index (χ2n) is 13.4. The SMILES string of the molecule is CC(C)(C)[Si](OCCOC(CCOS(C)(=O)=O)COC(c1ccccc1)(c1ccccc1)c1ccccc1)(c1ccccc1)c1ccccc1. The van der Waals surface area contributed by atoms with Crippen LogP contribution in [0.5, 0.6) is 0 Å². The Kier molecular flexibility index (Phi) is 12.6. The molecule has 0 amide bonds. The lowest BCUT2D eigenvalue weighted by atomic mass is 9.80. The zero-order valence-corrected chi connectivity index (χ0v) is 31.2. The molecule has 0 radical (unpaired) electrons. The summed E-state index contributed by atoms with van der Waals surface area (Å²) in [5.74, 6) is 0. The van der Waals surface area contributed by atoms with Crippen LogP contribution in [0.15, 0.2) is 152 Å². The smallest absolute Gasteiger partial charge is 0.264 e. The summed E-state index contributed by atoms with van der Waals surface area (Å²) in [4.78, 5) is 0. The van der Waals surface area contributed by atoms with E-state index < -0.39 is 30.1 Å². The third-order valence-electron chi connectivity index (χ3n) is 8.94. The fourth-order valence-corrected chi connectivity index (χ4v) is 11.6. The van der Waals surface area contributed by atoms with Crippen LogP contribution in [-0.2, 0) is 33.8 Å². The van der Waals surface area contributed by atoms with Crippen LogP contribution in [0, 0.1) is 0 Å². The molecule has 0 bridgehead atoms. The monoisotopic (exact) mass is 708 g/mol. The van der Waals surface area contributed by atoms with Crippen LogP contribution < -0.4 is 10.4 Å². The van der Waals surface area contributed by atoms with Gasteiger partial charge < -0.3 is 13.9 Å². The Morgan fingerprint density at radius 1 is 0.580 bits per heavy atom. The van der Waals surface area contributed by atoms with Gasteiger partial charge >= 0.3 is 0 Å². The molecule has 1 unspecified atom stereocenters. The van der Waals surface area contributed by atoms with Crippen molar-refractivity contribution in [2.24, 2.45) is 0 Å². The molecule has 0 spiro atoms. The van der Waals surface area contributed by atoms with Gasteiger partial charge in [0, 0.05) is 6.42 Å². The van der Waals surface area contributed by atoms with E-state index in [1.54, 1.807) is 0 Å². The van der Waals surface area contributed by atoms with E-state index in [4.69, 9.17) is 18.1 Å². The lowest BCUT2D eigenvalue weighted by molar-refractivity contribution is -0.0744. The Balaban J connectivity index is 1.43. The summed E-state index contributed by atoms with van der Waals surface area (Å²) < 4.78 is 49.7. The zero-order valence-electron chi connectivity index (χ0n) is 29.4. The van der Waals surface area contributed by atoms with Gasteiger partial charge in [0.1, 0.15) is 5.60 Å². The minimum atomic E-state index is -3.63. The van der Waals surface area contributed by atoms with Crippen molar-refractivity contribution in [1.82, 2.24) is 0 Å². The predicted molar refractivity (Wildman–Crippen MR) is 204 cm³/mol. The molecular weight excluding hydrogens is 661 g/mol. The molecule has 0 saturated heterocycles. The van der Waals surface area contributed by atoms with E-state index in [-0.39, 0.29) is 24.9 Å². The standard InChI is InChI=1S/C42H48O6SSi/c1-41(2,3)50(39-26-16-8-17-27-39,40-28-18-9-19-29-40)48-33-32-45-38(30-31-47-49(4,43)44)34-46-42(35-20-10-5-11-21-35,36-22-12-6-13-23-36)37-24-14-7-15-25-37/h5-29,38H,30-34H2,1-4H3. The number of benzene rings is 5. The second kappa shape index (κ2) is 16.9. The minimum Gasteiger partial charge on any atom is -0.405 e. The second-order valence-corrected chi connectivity index (χ2v) is 19.4. The van der Waals surface area contributed by atoms with Gasteiger partial charge in [0.2, 0.25) is 0 Å². The lowest BCUT2D eigenvalue weighted by Gasteiger charge is -2.43. The molecule has 0 aliphatic heterocycles. The quantitative estimate of drug-likeness (QED) is 0.0437. The third-order valence-corrected chi connectivity index (χ3v) is 14.6. The molecule has 6 nitrogen and oxygen atoms in total. The number of hydrogen-bond donors (Lipinski definition) is 0. The number of rotatable bonds is 17. The van der Waals surface area contributed by atoms with E-state index in [1.807, 2.05) is 66.7 Å². The zero-order chi connectivity index (χ0) is 35.5. The molecule has 0 aliphatic rings. The maximum atomic E-state index is 11.9. The van der Waals surface area contributed by atoms with Gasteiger partial charge in [0.05, 0.1) is 38.8 Å². The topological polar surface area (TPSA) is 71.1 Å². The fourth-order valence-electron chi connectivity index (χ4n) is 6.70. The highest BCUT2D eigenvalue weighted by molar-refractivity contribution is 7.85. The summed E-state index contributed by atoms with van der Waals surface area (Å²) >= 11 is 0. The average Bonchev–Trinajstić information content (AvgIpc) is 3.13. The molecule has 5 aromatic rings. The highest BCUT2D eigenvalue weighted by Gasteiger charge is 2.50. The predicted octanol–water partition coefficient (Wildman–Crippen LogP) is 7.32. The summed E-state index contributed by atoms with van der Waals surface area (Å²) in [6, 6.07) is 51.5. The van der Waals surface area contributed by atoms with E-state index in [9.17, 15) is 8.42 Å². The molecule has 5 rings (SSSR count). The van der Waals surface area contributed by atoms with Crippen LogP contribution in [-0.4, -0.2) is 55.5 Å². The molecular formula is C42H48O6SSi. The van der Waals surface area contributed by atoms with Gasteiger partial charge in [0.15, 0.2) is 0 Å². The van der Waals surface area contributed by atoms with Crippen molar-refractivity contribution in [3.05, 3.63) is 168 Å².